The average Bonchev–Trinajstić information content (AvgIpc) is 2.59. The van der Waals surface area contributed by atoms with E-state index in [0.29, 0.717) is 22.0 Å². The SMILES string of the molecule is Cc1noc(C=Cc2ccccc2O)c1Cl. The standard InChI is InChI=1S/C12H10ClNO2/c1-8-12(13)11(16-14-8)7-6-9-4-2-3-5-10(9)15/h2-7,15H,1H3. The molecule has 0 aliphatic carbocycles. The Hall–Kier alpha value is -1.74. The smallest absolute Gasteiger partial charge is 0.178 e. The zero-order valence-corrected chi connectivity index (χ0v) is 9.40. The molecule has 3 nitrogen and oxygen atoms in total. The van der Waals surface area contributed by atoms with Crippen LogP contribution in [0.25, 0.3) is 12.2 Å². The Morgan fingerprint density at radius 2 is 2.06 bits per heavy atom. The second-order valence-electron chi connectivity index (χ2n) is 3.34. The Balaban J connectivity index is 2.28. The summed E-state index contributed by atoms with van der Waals surface area (Å²) in [6, 6.07) is 7.01. The molecular formula is C12H10ClNO2. The van der Waals surface area contributed by atoms with Gasteiger partial charge in [-0.1, -0.05) is 35.0 Å². The lowest BCUT2D eigenvalue weighted by Gasteiger charge is -1.96. The van der Waals surface area contributed by atoms with Gasteiger partial charge in [-0.05, 0) is 25.1 Å². The predicted molar refractivity (Wildman–Crippen MR) is 63.3 cm³/mol. The van der Waals surface area contributed by atoms with E-state index in [4.69, 9.17) is 16.1 Å². The van der Waals surface area contributed by atoms with Crippen molar-refractivity contribution in [2.45, 2.75) is 6.92 Å². The van der Waals surface area contributed by atoms with Crippen LogP contribution in [-0.2, 0) is 0 Å². The minimum atomic E-state index is 0.214. The van der Waals surface area contributed by atoms with Crippen molar-refractivity contribution < 1.29 is 9.63 Å². The number of phenols is 1. The summed E-state index contributed by atoms with van der Waals surface area (Å²) >= 11 is 5.94. The molecule has 0 bridgehead atoms. The van der Waals surface area contributed by atoms with Crippen LogP contribution in [0.4, 0.5) is 0 Å². The highest BCUT2D eigenvalue weighted by molar-refractivity contribution is 6.32. The van der Waals surface area contributed by atoms with Crippen LogP contribution in [0.15, 0.2) is 28.8 Å². The van der Waals surface area contributed by atoms with Crippen molar-refractivity contribution in [2.24, 2.45) is 0 Å². The van der Waals surface area contributed by atoms with E-state index in [1.54, 1.807) is 37.3 Å². The summed E-state index contributed by atoms with van der Waals surface area (Å²) in [5.74, 6) is 0.702. The van der Waals surface area contributed by atoms with E-state index in [-0.39, 0.29) is 5.75 Å². The minimum Gasteiger partial charge on any atom is -0.507 e. The van der Waals surface area contributed by atoms with Crippen LogP contribution in [0, 0.1) is 6.92 Å². The van der Waals surface area contributed by atoms with Gasteiger partial charge >= 0.3 is 0 Å². The summed E-state index contributed by atoms with van der Waals surface area (Å²) < 4.78 is 5.01. The van der Waals surface area contributed by atoms with Gasteiger partial charge in [0.05, 0.1) is 5.69 Å². The molecule has 0 amide bonds. The maximum Gasteiger partial charge on any atom is 0.178 e. The largest absolute Gasteiger partial charge is 0.507 e. The Morgan fingerprint density at radius 1 is 1.31 bits per heavy atom. The van der Waals surface area contributed by atoms with Crippen molar-refractivity contribution in [3.63, 3.8) is 0 Å². The van der Waals surface area contributed by atoms with Gasteiger partial charge in [-0.15, -0.1) is 0 Å². The molecule has 1 aromatic heterocycles. The first-order valence-electron chi connectivity index (χ1n) is 4.76. The molecule has 0 atom stereocenters. The van der Waals surface area contributed by atoms with Gasteiger partial charge in [0.1, 0.15) is 10.8 Å². The average molecular weight is 236 g/mol. The molecule has 0 unspecified atom stereocenters. The number of benzene rings is 1. The number of halogens is 1. The third-order valence-electron chi connectivity index (χ3n) is 2.17. The predicted octanol–water partition coefficient (Wildman–Crippen LogP) is 3.51. The first kappa shape index (κ1) is 10.8. The fourth-order valence-electron chi connectivity index (χ4n) is 1.27. The summed E-state index contributed by atoms with van der Waals surface area (Å²) in [7, 11) is 0. The van der Waals surface area contributed by atoms with Crippen LogP contribution in [0.5, 0.6) is 5.75 Å². The van der Waals surface area contributed by atoms with Gasteiger partial charge in [0.2, 0.25) is 0 Å². The van der Waals surface area contributed by atoms with Crippen molar-refractivity contribution in [1.82, 2.24) is 5.16 Å². The third-order valence-corrected chi connectivity index (χ3v) is 2.63. The molecule has 4 heteroatoms. The van der Waals surface area contributed by atoms with Gasteiger partial charge in [0.15, 0.2) is 5.76 Å². The van der Waals surface area contributed by atoms with Gasteiger partial charge < -0.3 is 9.63 Å². The molecule has 0 radical (unpaired) electrons. The van der Waals surface area contributed by atoms with Crippen molar-refractivity contribution in [2.75, 3.05) is 0 Å². The van der Waals surface area contributed by atoms with Crippen LogP contribution in [-0.4, -0.2) is 10.3 Å². The summed E-state index contributed by atoms with van der Waals surface area (Å²) in [5, 5.41) is 13.8. The Bertz CT molecular complexity index is 532. The number of aryl methyl sites for hydroxylation is 1. The molecule has 0 aliphatic rings. The van der Waals surface area contributed by atoms with Crippen LogP contribution in [0.2, 0.25) is 5.02 Å². The molecule has 16 heavy (non-hydrogen) atoms. The number of hydrogen-bond acceptors (Lipinski definition) is 3. The van der Waals surface area contributed by atoms with Crippen LogP contribution >= 0.6 is 11.6 Å². The maximum atomic E-state index is 9.53. The zero-order chi connectivity index (χ0) is 11.5. The third kappa shape index (κ3) is 2.09. The second kappa shape index (κ2) is 4.41. The van der Waals surface area contributed by atoms with Crippen LogP contribution < -0.4 is 0 Å². The van der Waals surface area contributed by atoms with Crippen molar-refractivity contribution in [3.8, 4) is 5.75 Å². The second-order valence-corrected chi connectivity index (χ2v) is 3.72. The van der Waals surface area contributed by atoms with Crippen LogP contribution in [0.3, 0.4) is 0 Å². The number of aromatic hydroxyl groups is 1. The molecule has 0 spiro atoms. The molecule has 0 fully saturated rings. The monoisotopic (exact) mass is 235 g/mol. The van der Waals surface area contributed by atoms with Crippen molar-refractivity contribution in [3.05, 3.63) is 46.3 Å². The summed E-state index contributed by atoms with van der Waals surface area (Å²) in [6.45, 7) is 1.77. The number of hydrogen-bond donors (Lipinski definition) is 1. The Morgan fingerprint density at radius 3 is 2.69 bits per heavy atom. The maximum absolute atomic E-state index is 9.53. The first-order chi connectivity index (χ1) is 7.68. The molecule has 1 aromatic carbocycles. The highest BCUT2D eigenvalue weighted by Gasteiger charge is 2.06. The van der Waals surface area contributed by atoms with Gasteiger partial charge in [0.25, 0.3) is 0 Å². The lowest BCUT2D eigenvalue weighted by atomic mass is 10.2. The van der Waals surface area contributed by atoms with E-state index in [2.05, 4.69) is 5.16 Å². The number of aromatic nitrogens is 1. The van der Waals surface area contributed by atoms with E-state index in [1.807, 2.05) is 6.07 Å². The molecule has 2 aromatic rings. The molecule has 2 rings (SSSR count). The highest BCUT2D eigenvalue weighted by atomic mass is 35.5. The van der Waals surface area contributed by atoms with E-state index in [9.17, 15) is 5.11 Å². The molecule has 0 aliphatic heterocycles. The van der Waals surface area contributed by atoms with E-state index >= 15 is 0 Å². The molecule has 82 valence electrons. The molecule has 1 N–H and O–H groups in total. The fraction of sp³-hybridized carbons (Fsp3) is 0.0833. The van der Waals surface area contributed by atoms with E-state index in [0.717, 1.165) is 0 Å². The number of rotatable bonds is 2. The van der Waals surface area contributed by atoms with Crippen LogP contribution in [0.1, 0.15) is 17.0 Å². The normalized spacial score (nSPS) is 11.1. The highest BCUT2D eigenvalue weighted by Crippen LogP contribution is 2.23. The summed E-state index contributed by atoms with van der Waals surface area (Å²) in [5.41, 5.74) is 1.35. The molecular weight excluding hydrogens is 226 g/mol. The quantitative estimate of drug-likeness (QED) is 0.866. The number of para-hydroxylation sites is 1. The molecule has 1 heterocycles. The van der Waals surface area contributed by atoms with Gasteiger partial charge in [-0.25, -0.2) is 0 Å². The van der Waals surface area contributed by atoms with Gasteiger partial charge in [0, 0.05) is 5.56 Å². The topological polar surface area (TPSA) is 46.3 Å². The Labute approximate surface area is 98.0 Å². The van der Waals surface area contributed by atoms with Crippen molar-refractivity contribution in [1.29, 1.82) is 0 Å². The lowest BCUT2D eigenvalue weighted by molar-refractivity contribution is 0.408. The summed E-state index contributed by atoms with van der Waals surface area (Å²) in [6.07, 6.45) is 3.40. The van der Waals surface area contributed by atoms with E-state index in [1.165, 1.54) is 0 Å². The number of nitrogens with zero attached hydrogens (tertiary/aromatic N) is 1. The van der Waals surface area contributed by atoms with Gasteiger partial charge in [-0.2, -0.15) is 0 Å². The zero-order valence-electron chi connectivity index (χ0n) is 8.64. The summed E-state index contributed by atoms with van der Waals surface area (Å²) in [4.78, 5) is 0. The fourth-order valence-corrected chi connectivity index (χ4v) is 1.41. The van der Waals surface area contributed by atoms with Gasteiger partial charge in [-0.3, -0.25) is 0 Å². The molecule has 0 saturated heterocycles. The first-order valence-corrected chi connectivity index (χ1v) is 5.14. The Kier molecular flexibility index (Phi) is 2.97. The lowest BCUT2D eigenvalue weighted by Crippen LogP contribution is -1.73. The molecule has 0 saturated carbocycles. The van der Waals surface area contributed by atoms with E-state index < -0.39 is 0 Å². The minimum absolute atomic E-state index is 0.214. The number of phenolic OH excluding ortho intramolecular Hbond substituents is 1. The van der Waals surface area contributed by atoms with Crippen molar-refractivity contribution >= 4 is 23.8 Å².